The number of hydrogen-bond donors (Lipinski definition) is 1. The smallest absolute Gasteiger partial charge is 0.000554 e. The van der Waals surface area contributed by atoms with Crippen LogP contribution in [0.4, 0.5) is 0 Å². The molecule has 1 saturated heterocycles. The Morgan fingerprint density at radius 2 is 1.74 bits per heavy atom. The minimum atomic E-state index is 0.539. The van der Waals surface area contributed by atoms with Gasteiger partial charge in [-0.2, -0.15) is 0 Å². The van der Waals surface area contributed by atoms with Gasteiger partial charge in [0.1, 0.15) is 0 Å². The quantitative estimate of drug-likeness (QED) is 0.901. The molecule has 0 spiro atoms. The molecule has 2 N–H and O–H groups in total. The van der Waals surface area contributed by atoms with Crippen molar-refractivity contribution in [2.45, 2.75) is 39.5 Å². The van der Waals surface area contributed by atoms with Gasteiger partial charge in [0, 0.05) is 0 Å². The highest BCUT2D eigenvalue weighted by Crippen LogP contribution is 2.32. The number of nitrogens with zero attached hydrogens (tertiary/aromatic N) is 1. The van der Waals surface area contributed by atoms with Crippen molar-refractivity contribution < 1.29 is 0 Å². The number of nitrogens with two attached hydrogens (primary N) is 1. The van der Waals surface area contributed by atoms with Crippen molar-refractivity contribution in [1.82, 2.24) is 4.90 Å². The molecule has 1 atom stereocenters. The molecule has 0 saturated carbocycles. The largest absolute Gasteiger partial charge is 0.330 e. The Kier molecular flexibility index (Phi) is 5.00. The summed E-state index contributed by atoms with van der Waals surface area (Å²) in [6.07, 6.45) is 2.59. The molecule has 0 aliphatic carbocycles. The van der Waals surface area contributed by atoms with Gasteiger partial charge in [0.05, 0.1) is 0 Å². The minimum Gasteiger partial charge on any atom is -0.330 e. The predicted molar refractivity (Wildman–Crippen MR) is 82.5 cm³/mol. The van der Waals surface area contributed by atoms with Crippen molar-refractivity contribution in [3.05, 3.63) is 34.9 Å². The lowest BCUT2D eigenvalue weighted by atomic mass is 9.79. The molecule has 1 aliphatic rings. The highest BCUT2D eigenvalue weighted by atomic mass is 15.1. The molecular weight excluding hydrogens is 232 g/mol. The molecule has 1 aromatic carbocycles. The van der Waals surface area contributed by atoms with Gasteiger partial charge < -0.3 is 10.6 Å². The van der Waals surface area contributed by atoms with Crippen LogP contribution in [0.2, 0.25) is 0 Å². The van der Waals surface area contributed by atoms with E-state index in [1.165, 1.54) is 49.2 Å². The van der Waals surface area contributed by atoms with Gasteiger partial charge in [-0.15, -0.1) is 0 Å². The molecule has 0 amide bonds. The van der Waals surface area contributed by atoms with Crippen LogP contribution in [0.3, 0.4) is 0 Å². The van der Waals surface area contributed by atoms with E-state index in [0.29, 0.717) is 5.92 Å². The van der Waals surface area contributed by atoms with Gasteiger partial charge in [0.2, 0.25) is 0 Å². The standard InChI is InChI=1S/C17H28N2/c1-4-19-7-5-15(6-8-19)17(12-18)16-10-13(2)9-14(3)11-16/h9-11,15,17H,4-8,12,18H2,1-3H3. The normalized spacial score (nSPS) is 19.6. The molecule has 19 heavy (non-hydrogen) atoms. The molecule has 0 bridgehead atoms. The van der Waals surface area contributed by atoms with Crippen LogP contribution in [-0.2, 0) is 0 Å². The van der Waals surface area contributed by atoms with E-state index in [-0.39, 0.29) is 0 Å². The van der Waals surface area contributed by atoms with Crippen molar-refractivity contribution in [1.29, 1.82) is 0 Å². The Balaban J connectivity index is 2.11. The summed E-state index contributed by atoms with van der Waals surface area (Å²) >= 11 is 0. The van der Waals surface area contributed by atoms with E-state index in [1.54, 1.807) is 0 Å². The van der Waals surface area contributed by atoms with Crippen LogP contribution in [0, 0.1) is 19.8 Å². The fourth-order valence-electron chi connectivity index (χ4n) is 3.50. The van der Waals surface area contributed by atoms with Crippen LogP contribution < -0.4 is 5.73 Å². The second kappa shape index (κ2) is 6.53. The summed E-state index contributed by atoms with van der Waals surface area (Å²) in [5.41, 5.74) is 10.3. The number of aryl methyl sites for hydroxylation is 2. The van der Waals surface area contributed by atoms with Gasteiger partial charge in [0.15, 0.2) is 0 Å². The molecule has 1 heterocycles. The third kappa shape index (κ3) is 3.58. The lowest BCUT2D eigenvalue weighted by Gasteiger charge is -2.35. The zero-order valence-corrected chi connectivity index (χ0v) is 12.7. The van der Waals surface area contributed by atoms with Gasteiger partial charge in [-0.05, 0) is 70.3 Å². The Morgan fingerprint density at radius 1 is 1.16 bits per heavy atom. The lowest BCUT2D eigenvalue weighted by molar-refractivity contribution is 0.176. The van der Waals surface area contributed by atoms with E-state index in [1.807, 2.05) is 0 Å². The Morgan fingerprint density at radius 3 is 2.21 bits per heavy atom. The fourth-order valence-corrected chi connectivity index (χ4v) is 3.50. The summed E-state index contributed by atoms with van der Waals surface area (Å²) in [6.45, 7) is 11.1. The third-order valence-corrected chi connectivity index (χ3v) is 4.57. The molecule has 106 valence electrons. The summed E-state index contributed by atoms with van der Waals surface area (Å²) in [6, 6.07) is 6.91. The summed E-state index contributed by atoms with van der Waals surface area (Å²) in [5.74, 6) is 1.30. The van der Waals surface area contributed by atoms with Crippen LogP contribution in [0.15, 0.2) is 18.2 Å². The van der Waals surface area contributed by atoms with E-state index in [2.05, 4.69) is 43.9 Å². The zero-order valence-electron chi connectivity index (χ0n) is 12.7. The number of hydrogen-bond acceptors (Lipinski definition) is 2. The molecule has 2 heteroatoms. The molecule has 1 aromatic rings. The first-order valence-electron chi connectivity index (χ1n) is 7.64. The van der Waals surface area contributed by atoms with Crippen molar-refractivity contribution in [3.63, 3.8) is 0 Å². The second-order valence-corrected chi connectivity index (χ2v) is 6.03. The first-order valence-corrected chi connectivity index (χ1v) is 7.64. The highest BCUT2D eigenvalue weighted by Gasteiger charge is 2.26. The van der Waals surface area contributed by atoms with Gasteiger partial charge in [-0.25, -0.2) is 0 Å². The molecule has 1 fully saturated rings. The average molecular weight is 260 g/mol. The van der Waals surface area contributed by atoms with Crippen LogP contribution in [0.1, 0.15) is 42.4 Å². The van der Waals surface area contributed by atoms with Gasteiger partial charge in [0.25, 0.3) is 0 Å². The second-order valence-electron chi connectivity index (χ2n) is 6.03. The van der Waals surface area contributed by atoms with E-state index < -0.39 is 0 Å². The summed E-state index contributed by atoms with van der Waals surface area (Å²) in [7, 11) is 0. The number of benzene rings is 1. The minimum absolute atomic E-state index is 0.539. The molecule has 0 aromatic heterocycles. The topological polar surface area (TPSA) is 29.3 Å². The Hall–Kier alpha value is -0.860. The van der Waals surface area contributed by atoms with E-state index in [4.69, 9.17) is 5.73 Å². The van der Waals surface area contributed by atoms with Gasteiger partial charge >= 0.3 is 0 Å². The first kappa shape index (κ1) is 14.5. The number of likely N-dealkylation sites (tertiary alicyclic amines) is 1. The van der Waals surface area contributed by atoms with Crippen LogP contribution >= 0.6 is 0 Å². The predicted octanol–water partition coefficient (Wildman–Crippen LogP) is 3.08. The maximum Gasteiger partial charge on any atom is -0.000554 e. The fraction of sp³-hybridized carbons (Fsp3) is 0.647. The molecule has 2 rings (SSSR count). The van der Waals surface area contributed by atoms with Crippen LogP contribution in [-0.4, -0.2) is 31.1 Å². The van der Waals surface area contributed by atoms with Crippen molar-refractivity contribution in [2.75, 3.05) is 26.2 Å². The highest BCUT2D eigenvalue weighted by molar-refractivity contribution is 5.31. The maximum atomic E-state index is 6.09. The van der Waals surface area contributed by atoms with Crippen molar-refractivity contribution in [3.8, 4) is 0 Å². The van der Waals surface area contributed by atoms with Crippen LogP contribution in [0.5, 0.6) is 0 Å². The monoisotopic (exact) mass is 260 g/mol. The number of piperidine rings is 1. The average Bonchev–Trinajstić information content (AvgIpc) is 2.39. The number of rotatable bonds is 4. The third-order valence-electron chi connectivity index (χ3n) is 4.57. The Bertz CT molecular complexity index is 385. The zero-order chi connectivity index (χ0) is 13.8. The van der Waals surface area contributed by atoms with E-state index >= 15 is 0 Å². The van der Waals surface area contributed by atoms with Crippen LogP contribution in [0.25, 0.3) is 0 Å². The summed E-state index contributed by atoms with van der Waals surface area (Å²) in [5, 5.41) is 0. The van der Waals surface area contributed by atoms with E-state index in [0.717, 1.165) is 12.5 Å². The molecule has 0 radical (unpaired) electrons. The molecule has 1 aliphatic heterocycles. The molecular formula is C17H28N2. The van der Waals surface area contributed by atoms with Gasteiger partial charge in [-0.1, -0.05) is 36.2 Å². The Labute approximate surface area is 118 Å². The van der Waals surface area contributed by atoms with Gasteiger partial charge in [-0.3, -0.25) is 0 Å². The molecule has 1 unspecified atom stereocenters. The first-order chi connectivity index (χ1) is 9.13. The van der Waals surface area contributed by atoms with Crippen molar-refractivity contribution in [2.24, 2.45) is 11.7 Å². The SMILES string of the molecule is CCN1CCC(C(CN)c2cc(C)cc(C)c2)CC1. The summed E-state index contributed by atoms with van der Waals surface area (Å²) < 4.78 is 0. The summed E-state index contributed by atoms with van der Waals surface area (Å²) in [4.78, 5) is 2.55. The van der Waals surface area contributed by atoms with E-state index in [9.17, 15) is 0 Å². The maximum absolute atomic E-state index is 6.09. The lowest BCUT2D eigenvalue weighted by Crippen LogP contribution is -2.37. The molecule has 2 nitrogen and oxygen atoms in total. The van der Waals surface area contributed by atoms with Crippen molar-refractivity contribution >= 4 is 0 Å².